The molecule has 2 rings (SSSR count). The Morgan fingerprint density at radius 2 is 2.21 bits per heavy atom. The Morgan fingerprint density at radius 3 is 2.79 bits per heavy atom. The van der Waals surface area contributed by atoms with Crippen LogP contribution < -0.4 is 0 Å². The summed E-state index contributed by atoms with van der Waals surface area (Å²) in [5, 5.41) is 12.1. The standard InChI is InChI=1S/C11H15BrOS/c12-9-5-6-14-11(9)10(13)7-8-3-1-2-4-8/h5-6,8,10,13H,1-4,7H2. The average Bonchev–Trinajstić information content (AvgIpc) is 2.75. The van der Waals surface area contributed by atoms with Crippen molar-refractivity contribution >= 4 is 27.3 Å². The highest BCUT2D eigenvalue weighted by Gasteiger charge is 2.21. The molecule has 1 aliphatic rings. The minimum atomic E-state index is -0.257. The molecule has 3 heteroatoms. The summed E-state index contributed by atoms with van der Waals surface area (Å²) in [4.78, 5) is 1.09. The highest BCUT2D eigenvalue weighted by atomic mass is 79.9. The van der Waals surface area contributed by atoms with E-state index in [0.717, 1.165) is 21.7 Å². The van der Waals surface area contributed by atoms with Crippen LogP contribution in [0.1, 0.15) is 43.1 Å². The van der Waals surface area contributed by atoms with Gasteiger partial charge >= 0.3 is 0 Å². The highest BCUT2D eigenvalue weighted by molar-refractivity contribution is 9.10. The van der Waals surface area contributed by atoms with Crippen LogP contribution in [0.5, 0.6) is 0 Å². The van der Waals surface area contributed by atoms with Crippen molar-refractivity contribution < 1.29 is 5.11 Å². The minimum absolute atomic E-state index is 0.257. The molecule has 0 saturated heterocycles. The lowest BCUT2D eigenvalue weighted by Crippen LogP contribution is -2.03. The number of rotatable bonds is 3. The Kier molecular flexibility index (Phi) is 3.63. The summed E-state index contributed by atoms with van der Waals surface area (Å²) in [6.07, 6.45) is 6.00. The van der Waals surface area contributed by atoms with Crippen molar-refractivity contribution in [2.45, 2.75) is 38.2 Å². The quantitative estimate of drug-likeness (QED) is 0.879. The molecule has 0 radical (unpaired) electrons. The zero-order chi connectivity index (χ0) is 9.97. The molecule has 1 nitrogen and oxygen atoms in total. The number of hydrogen-bond acceptors (Lipinski definition) is 2. The zero-order valence-corrected chi connectivity index (χ0v) is 10.5. The highest BCUT2D eigenvalue weighted by Crippen LogP contribution is 2.37. The summed E-state index contributed by atoms with van der Waals surface area (Å²) in [6, 6.07) is 2.01. The lowest BCUT2D eigenvalue weighted by molar-refractivity contribution is 0.148. The predicted octanol–water partition coefficient (Wildman–Crippen LogP) is 4.12. The maximum absolute atomic E-state index is 10.0. The van der Waals surface area contributed by atoms with Gasteiger partial charge in [0.05, 0.1) is 6.10 Å². The molecule has 1 atom stereocenters. The van der Waals surface area contributed by atoms with Crippen LogP contribution in [0.2, 0.25) is 0 Å². The summed E-state index contributed by atoms with van der Waals surface area (Å²) in [7, 11) is 0. The molecule has 1 aromatic rings. The molecule has 78 valence electrons. The second-order valence-electron chi connectivity index (χ2n) is 4.03. The maximum atomic E-state index is 10.0. The average molecular weight is 275 g/mol. The van der Waals surface area contributed by atoms with E-state index in [4.69, 9.17) is 0 Å². The number of halogens is 1. The third kappa shape index (κ3) is 2.38. The first kappa shape index (κ1) is 10.7. The van der Waals surface area contributed by atoms with Crippen molar-refractivity contribution in [1.29, 1.82) is 0 Å². The van der Waals surface area contributed by atoms with E-state index in [2.05, 4.69) is 15.9 Å². The lowest BCUT2D eigenvalue weighted by atomic mass is 9.99. The van der Waals surface area contributed by atoms with Crippen molar-refractivity contribution in [3.05, 3.63) is 20.8 Å². The van der Waals surface area contributed by atoms with Crippen molar-refractivity contribution in [1.82, 2.24) is 0 Å². The van der Waals surface area contributed by atoms with Gasteiger partial charge in [0, 0.05) is 9.35 Å². The molecule has 1 unspecified atom stereocenters. The van der Waals surface area contributed by atoms with Gasteiger partial charge in [-0.2, -0.15) is 0 Å². The van der Waals surface area contributed by atoms with Crippen molar-refractivity contribution in [2.24, 2.45) is 5.92 Å². The second kappa shape index (κ2) is 4.77. The van der Waals surface area contributed by atoms with E-state index in [1.54, 1.807) is 11.3 Å². The normalized spacial score (nSPS) is 20.1. The van der Waals surface area contributed by atoms with Gasteiger partial charge in [-0.1, -0.05) is 25.7 Å². The molecule has 0 amide bonds. The minimum Gasteiger partial charge on any atom is -0.388 e. The maximum Gasteiger partial charge on any atom is 0.0896 e. The second-order valence-corrected chi connectivity index (χ2v) is 5.84. The van der Waals surface area contributed by atoms with Crippen LogP contribution >= 0.6 is 27.3 Å². The fourth-order valence-corrected chi connectivity index (χ4v) is 3.85. The molecular weight excluding hydrogens is 260 g/mol. The topological polar surface area (TPSA) is 20.2 Å². The molecular formula is C11H15BrOS. The molecule has 1 saturated carbocycles. The first-order chi connectivity index (χ1) is 6.77. The van der Waals surface area contributed by atoms with Gasteiger partial charge in [0.2, 0.25) is 0 Å². The monoisotopic (exact) mass is 274 g/mol. The molecule has 1 heterocycles. The van der Waals surface area contributed by atoms with Crippen LogP contribution in [0.3, 0.4) is 0 Å². The molecule has 1 aromatic heterocycles. The first-order valence-electron chi connectivity index (χ1n) is 5.18. The van der Waals surface area contributed by atoms with Crippen LogP contribution in [0.15, 0.2) is 15.9 Å². The van der Waals surface area contributed by atoms with Crippen LogP contribution in [-0.2, 0) is 0 Å². The zero-order valence-electron chi connectivity index (χ0n) is 8.08. The smallest absolute Gasteiger partial charge is 0.0896 e. The number of hydrogen-bond donors (Lipinski definition) is 1. The van der Waals surface area contributed by atoms with Gasteiger partial charge in [-0.25, -0.2) is 0 Å². The van der Waals surface area contributed by atoms with Crippen molar-refractivity contribution in [3.63, 3.8) is 0 Å². The largest absolute Gasteiger partial charge is 0.388 e. The molecule has 0 aliphatic heterocycles. The van der Waals surface area contributed by atoms with Gasteiger partial charge in [-0.3, -0.25) is 0 Å². The lowest BCUT2D eigenvalue weighted by Gasteiger charge is -2.14. The molecule has 1 aliphatic carbocycles. The van der Waals surface area contributed by atoms with Gasteiger partial charge in [0.1, 0.15) is 0 Å². The molecule has 0 aromatic carbocycles. The summed E-state index contributed by atoms with van der Waals surface area (Å²) >= 11 is 5.11. The number of thiophene rings is 1. The third-order valence-corrected chi connectivity index (χ3v) is 4.95. The molecule has 0 spiro atoms. The Labute approximate surface area is 97.3 Å². The Hall–Kier alpha value is 0.140. The van der Waals surface area contributed by atoms with Gasteiger partial charge in [0.15, 0.2) is 0 Å². The summed E-state index contributed by atoms with van der Waals surface area (Å²) < 4.78 is 1.06. The Bertz CT molecular complexity index is 291. The predicted molar refractivity (Wildman–Crippen MR) is 63.6 cm³/mol. The molecule has 1 fully saturated rings. The van der Waals surface area contributed by atoms with E-state index in [9.17, 15) is 5.11 Å². The summed E-state index contributed by atoms with van der Waals surface area (Å²) in [6.45, 7) is 0. The molecule has 0 bridgehead atoms. The van der Waals surface area contributed by atoms with Gasteiger partial charge in [0.25, 0.3) is 0 Å². The third-order valence-electron chi connectivity index (χ3n) is 2.98. The fourth-order valence-electron chi connectivity index (χ4n) is 2.21. The Morgan fingerprint density at radius 1 is 1.50 bits per heavy atom. The molecule has 1 N–H and O–H groups in total. The summed E-state index contributed by atoms with van der Waals surface area (Å²) in [5.41, 5.74) is 0. The van der Waals surface area contributed by atoms with Crippen LogP contribution in [0.4, 0.5) is 0 Å². The van der Waals surface area contributed by atoms with E-state index >= 15 is 0 Å². The van der Waals surface area contributed by atoms with Crippen LogP contribution in [0.25, 0.3) is 0 Å². The molecule has 14 heavy (non-hydrogen) atoms. The van der Waals surface area contributed by atoms with Gasteiger partial charge in [-0.15, -0.1) is 11.3 Å². The Balaban J connectivity index is 1.95. The number of aliphatic hydroxyl groups is 1. The van der Waals surface area contributed by atoms with Crippen molar-refractivity contribution in [2.75, 3.05) is 0 Å². The van der Waals surface area contributed by atoms with E-state index in [1.165, 1.54) is 25.7 Å². The van der Waals surface area contributed by atoms with E-state index in [1.807, 2.05) is 11.4 Å². The van der Waals surface area contributed by atoms with Crippen molar-refractivity contribution in [3.8, 4) is 0 Å². The number of aliphatic hydroxyl groups excluding tert-OH is 1. The fraction of sp³-hybridized carbons (Fsp3) is 0.636. The van der Waals surface area contributed by atoms with E-state index < -0.39 is 0 Å². The van der Waals surface area contributed by atoms with Crippen LogP contribution in [-0.4, -0.2) is 5.11 Å². The van der Waals surface area contributed by atoms with Gasteiger partial charge < -0.3 is 5.11 Å². The van der Waals surface area contributed by atoms with Crippen LogP contribution in [0, 0.1) is 5.92 Å². The van der Waals surface area contributed by atoms with Gasteiger partial charge in [-0.05, 0) is 39.7 Å². The first-order valence-corrected chi connectivity index (χ1v) is 6.85. The van der Waals surface area contributed by atoms with E-state index in [0.29, 0.717) is 0 Å². The van der Waals surface area contributed by atoms with E-state index in [-0.39, 0.29) is 6.10 Å². The SMILES string of the molecule is OC(CC1CCCC1)c1sccc1Br. The summed E-state index contributed by atoms with van der Waals surface area (Å²) in [5.74, 6) is 0.749.